The average Bonchev–Trinajstić information content (AvgIpc) is 2.69. The number of anilines is 1. The van der Waals surface area contributed by atoms with Crippen molar-refractivity contribution in [3.63, 3.8) is 0 Å². The molecule has 1 atom stereocenters. The Kier molecular flexibility index (Phi) is 3.27. The quantitative estimate of drug-likeness (QED) is 0.810. The summed E-state index contributed by atoms with van der Waals surface area (Å²) in [5, 5.41) is 3.48. The molecule has 1 aromatic rings. The zero-order chi connectivity index (χ0) is 10.7. The Hall–Kier alpha value is -1.02. The zero-order valence-electron chi connectivity index (χ0n) is 9.66. The van der Waals surface area contributed by atoms with E-state index in [4.69, 9.17) is 0 Å². The maximum atomic E-state index is 3.48. The van der Waals surface area contributed by atoms with Crippen molar-refractivity contribution in [1.82, 2.24) is 4.90 Å². The van der Waals surface area contributed by atoms with Crippen LogP contribution in [-0.4, -0.2) is 31.1 Å². The molecule has 2 heteroatoms. The van der Waals surface area contributed by atoms with Gasteiger partial charge in [-0.3, -0.25) is 0 Å². The molecule has 82 valence electrons. The van der Waals surface area contributed by atoms with Gasteiger partial charge in [0.15, 0.2) is 0 Å². The lowest BCUT2D eigenvalue weighted by atomic mass is 10.0. The second-order valence-corrected chi connectivity index (χ2v) is 4.15. The predicted molar refractivity (Wildman–Crippen MR) is 65.5 cm³/mol. The Morgan fingerprint density at radius 1 is 1.27 bits per heavy atom. The molecule has 0 amide bonds. The van der Waals surface area contributed by atoms with Crippen molar-refractivity contribution in [2.24, 2.45) is 0 Å². The Morgan fingerprint density at radius 3 is 2.73 bits per heavy atom. The molecule has 1 aromatic carbocycles. The van der Waals surface area contributed by atoms with Gasteiger partial charge in [0.2, 0.25) is 0 Å². The Labute approximate surface area is 92.3 Å². The fourth-order valence-electron chi connectivity index (χ4n) is 2.31. The van der Waals surface area contributed by atoms with Gasteiger partial charge in [0.05, 0.1) is 0 Å². The molecular weight excluding hydrogens is 184 g/mol. The molecule has 0 aromatic heterocycles. The lowest BCUT2D eigenvalue weighted by Gasteiger charge is -2.22. The van der Waals surface area contributed by atoms with E-state index in [1.807, 2.05) is 0 Å². The molecule has 0 saturated heterocycles. The van der Waals surface area contributed by atoms with Crippen LogP contribution in [0.15, 0.2) is 24.3 Å². The number of likely N-dealkylation sites (N-methyl/N-ethyl adjacent to an activating group) is 1. The van der Waals surface area contributed by atoms with Crippen LogP contribution in [0, 0.1) is 0 Å². The average molecular weight is 204 g/mol. The number of benzene rings is 1. The molecule has 1 aliphatic rings. The van der Waals surface area contributed by atoms with Crippen LogP contribution in [0.3, 0.4) is 0 Å². The predicted octanol–water partition coefficient (Wildman–Crippen LogP) is 2.54. The smallest absolute Gasteiger partial charge is 0.0376 e. The standard InChI is InChI=1S/C13H20N2/c1-3-15(4-2)10-11-9-14-13-8-6-5-7-12(11)13/h5-8,11,14H,3-4,9-10H2,1-2H3. The van der Waals surface area contributed by atoms with Crippen molar-refractivity contribution in [2.45, 2.75) is 19.8 Å². The maximum absolute atomic E-state index is 3.48. The molecule has 0 spiro atoms. The van der Waals surface area contributed by atoms with Crippen molar-refractivity contribution in [3.05, 3.63) is 29.8 Å². The molecule has 0 aliphatic carbocycles. The molecule has 0 radical (unpaired) electrons. The summed E-state index contributed by atoms with van der Waals surface area (Å²) in [5.41, 5.74) is 2.82. The normalized spacial score (nSPS) is 19.0. The summed E-state index contributed by atoms with van der Waals surface area (Å²) in [6, 6.07) is 8.67. The van der Waals surface area contributed by atoms with E-state index in [0.717, 1.165) is 19.6 Å². The van der Waals surface area contributed by atoms with Gasteiger partial charge in [-0.1, -0.05) is 32.0 Å². The van der Waals surface area contributed by atoms with Crippen molar-refractivity contribution in [3.8, 4) is 0 Å². The van der Waals surface area contributed by atoms with Gasteiger partial charge in [0.1, 0.15) is 0 Å². The van der Waals surface area contributed by atoms with E-state index in [-0.39, 0.29) is 0 Å². The molecule has 2 rings (SSSR count). The number of fused-ring (bicyclic) bond motifs is 1. The summed E-state index contributed by atoms with van der Waals surface area (Å²) in [4.78, 5) is 2.49. The second kappa shape index (κ2) is 4.67. The van der Waals surface area contributed by atoms with E-state index in [1.165, 1.54) is 17.8 Å². The van der Waals surface area contributed by atoms with Crippen molar-refractivity contribution in [2.75, 3.05) is 31.5 Å². The topological polar surface area (TPSA) is 15.3 Å². The van der Waals surface area contributed by atoms with Crippen LogP contribution in [0.5, 0.6) is 0 Å². The highest BCUT2D eigenvalue weighted by atomic mass is 15.1. The molecule has 0 fully saturated rings. The molecule has 0 saturated carbocycles. The van der Waals surface area contributed by atoms with E-state index in [9.17, 15) is 0 Å². The Bertz CT molecular complexity index is 318. The van der Waals surface area contributed by atoms with Crippen LogP contribution in [0.25, 0.3) is 0 Å². The van der Waals surface area contributed by atoms with Gasteiger partial charge in [0, 0.05) is 24.7 Å². The van der Waals surface area contributed by atoms with E-state index < -0.39 is 0 Å². The van der Waals surface area contributed by atoms with E-state index in [2.05, 4.69) is 48.3 Å². The SMILES string of the molecule is CCN(CC)CC1CNc2ccccc21. The second-order valence-electron chi connectivity index (χ2n) is 4.15. The fraction of sp³-hybridized carbons (Fsp3) is 0.538. The number of nitrogens with one attached hydrogen (secondary N) is 1. The van der Waals surface area contributed by atoms with Gasteiger partial charge in [-0.05, 0) is 24.7 Å². The largest absolute Gasteiger partial charge is 0.384 e. The van der Waals surface area contributed by atoms with E-state index in [0.29, 0.717) is 5.92 Å². The molecule has 1 aliphatic heterocycles. The first-order valence-corrected chi connectivity index (χ1v) is 5.90. The first-order chi connectivity index (χ1) is 7.35. The zero-order valence-corrected chi connectivity index (χ0v) is 9.66. The molecular formula is C13H20N2. The summed E-state index contributed by atoms with van der Waals surface area (Å²) in [6.45, 7) is 9.03. The third-order valence-corrected chi connectivity index (χ3v) is 3.31. The van der Waals surface area contributed by atoms with Crippen LogP contribution >= 0.6 is 0 Å². The highest BCUT2D eigenvalue weighted by molar-refractivity contribution is 5.57. The van der Waals surface area contributed by atoms with Gasteiger partial charge < -0.3 is 10.2 Å². The molecule has 0 bridgehead atoms. The summed E-state index contributed by atoms with van der Waals surface area (Å²) >= 11 is 0. The lowest BCUT2D eigenvalue weighted by Crippen LogP contribution is -2.29. The van der Waals surface area contributed by atoms with Gasteiger partial charge in [0.25, 0.3) is 0 Å². The lowest BCUT2D eigenvalue weighted by molar-refractivity contribution is 0.288. The summed E-state index contributed by atoms with van der Waals surface area (Å²) < 4.78 is 0. The van der Waals surface area contributed by atoms with Crippen LogP contribution in [0.4, 0.5) is 5.69 Å². The minimum absolute atomic E-state index is 0.668. The highest BCUT2D eigenvalue weighted by Crippen LogP contribution is 2.31. The minimum atomic E-state index is 0.668. The van der Waals surface area contributed by atoms with Gasteiger partial charge in [-0.15, -0.1) is 0 Å². The molecule has 1 heterocycles. The van der Waals surface area contributed by atoms with E-state index >= 15 is 0 Å². The summed E-state index contributed by atoms with van der Waals surface area (Å²) in [5.74, 6) is 0.668. The van der Waals surface area contributed by atoms with Crippen molar-refractivity contribution >= 4 is 5.69 Å². The third-order valence-electron chi connectivity index (χ3n) is 3.31. The molecule has 15 heavy (non-hydrogen) atoms. The Morgan fingerprint density at radius 2 is 2.00 bits per heavy atom. The van der Waals surface area contributed by atoms with Gasteiger partial charge in [-0.25, -0.2) is 0 Å². The highest BCUT2D eigenvalue weighted by Gasteiger charge is 2.22. The monoisotopic (exact) mass is 204 g/mol. The first-order valence-electron chi connectivity index (χ1n) is 5.90. The van der Waals surface area contributed by atoms with Crippen molar-refractivity contribution < 1.29 is 0 Å². The minimum Gasteiger partial charge on any atom is -0.384 e. The Balaban J connectivity index is 2.07. The fourth-order valence-corrected chi connectivity index (χ4v) is 2.31. The number of nitrogens with zero attached hydrogens (tertiary/aromatic N) is 1. The van der Waals surface area contributed by atoms with Crippen LogP contribution < -0.4 is 5.32 Å². The summed E-state index contributed by atoms with van der Waals surface area (Å²) in [7, 11) is 0. The van der Waals surface area contributed by atoms with E-state index in [1.54, 1.807) is 0 Å². The van der Waals surface area contributed by atoms with Crippen LogP contribution in [0.2, 0.25) is 0 Å². The third kappa shape index (κ3) is 2.15. The molecule has 1 N–H and O–H groups in total. The number of hydrogen-bond donors (Lipinski definition) is 1. The molecule has 2 nitrogen and oxygen atoms in total. The number of rotatable bonds is 4. The van der Waals surface area contributed by atoms with Gasteiger partial charge >= 0.3 is 0 Å². The van der Waals surface area contributed by atoms with Crippen molar-refractivity contribution in [1.29, 1.82) is 0 Å². The number of hydrogen-bond acceptors (Lipinski definition) is 2. The maximum Gasteiger partial charge on any atom is 0.0376 e. The molecule has 1 unspecified atom stereocenters. The number of para-hydroxylation sites is 1. The van der Waals surface area contributed by atoms with Crippen LogP contribution in [-0.2, 0) is 0 Å². The summed E-state index contributed by atoms with van der Waals surface area (Å²) in [6.07, 6.45) is 0. The van der Waals surface area contributed by atoms with Gasteiger partial charge in [-0.2, -0.15) is 0 Å². The first kappa shape index (κ1) is 10.5. The van der Waals surface area contributed by atoms with Crippen LogP contribution in [0.1, 0.15) is 25.3 Å².